The van der Waals surface area contributed by atoms with Crippen LogP contribution in [0.2, 0.25) is 0 Å². The molecular formula is C19H20N10O. The Morgan fingerprint density at radius 3 is 2.83 bits per heavy atom. The smallest absolute Gasteiger partial charge is 0.323 e. The third kappa shape index (κ3) is 2.85. The normalized spacial score (nSPS) is 15.0. The van der Waals surface area contributed by atoms with Gasteiger partial charge >= 0.3 is 5.69 Å². The summed E-state index contributed by atoms with van der Waals surface area (Å²) in [5.74, 6) is 0.402. The SMILES string of the molecule is Cc1cc2ncnn2cc1Nc1ncc2c(n1)n(C1CCN(C#N)CC1)c(=O)n2C. The van der Waals surface area contributed by atoms with Crippen molar-refractivity contribution in [1.29, 1.82) is 5.26 Å². The van der Waals surface area contributed by atoms with Crippen molar-refractivity contribution in [3.8, 4) is 6.19 Å². The summed E-state index contributed by atoms with van der Waals surface area (Å²) >= 11 is 0. The maximum absolute atomic E-state index is 12.9. The number of likely N-dealkylation sites (tertiary alicyclic amines) is 1. The molecule has 0 saturated carbocycles. The van der Waals surface area contributed by atoms with Gasteiger partial charge in [-0.25, -0.2) is 19.3 Å². The zero-order valence-corrected chi connectivity index (χ0v) is 16.6. The molecule has 0 bridgehead atoms. The molecule has 4 aromatic rings. The minimum atomic E-state index is -0.118. The zero-order valence-electron chi connectivity index (χ0n) is 16.6. The van der Waals surface area contributed by atoms with E-state index in [4.69, 9.17) is 5.26 Å². The van der Waals surface area contributed by atoms with Crippen LogP contribution in [-0.4, -0.2) is 51.7 Å². The molecule has 152 valence electrons. The number of aryl methyl sites for hydroxylation is 2. The lowest BCUT2D eigenvalue weighted by Gasteiger charge is -2.28. The molecule has 1 aliphatic heterocycles. The number of aromatic nitrogens is 7. The highest BCUT2D eigenvalue weighted by Crippen LogP contribution is 2.26. The van der Waals surface area contributed by atoms with E-state index in [0.717, 1.165) is 29.7 Å². The first kappa shape index (κ1) is 18.1. The highest BCUT2D eigenvalue weighted by atomic mass is 16.1. The Kier molecular flexibility index (Phi) is 4.13. The number of imidazole rings is 1. The summed E-state index contributed by atoms with van der Waals surface area (Å²) in [7, 11) is 1.73. The molecule has 11 heteroatoms. The van der Waals surface area contributed by atoms with Crippen molar-refractivity contribution in [3.63, 3.8) is 0 Å². The first-order chi connectivity index (χ1) is 14.5. The Balaban J connectivity index is 1.54. The van der Waals surface area contributed by atoms with Crippen LogP contribution < -0.4 is 11.0 Å². The summed E-state index contributed by atoms with van der Waals surface area (Å²) in [6.07, 6.45) is 8.62. The van der Waals surface area contributed by atoms with E-state index in [2.05, 4.69) is 31.6 Å². The number of fused-ring (bicyclic) bond motifs is 2. The van der Waals surface area contributed by atoms with Crippen LogP contribution in [0.3, 0.4) is 0 Å². The Morgan fingerprint density at radius 1 is 1.27 bits per heavy atom. The van der Waals surface area contributed by atoms with Crippen molar-refractivity contribution in [2.24, 2.45) is 7.05 Å². The van der Waals surface area contributed by atoms with Gasteiger partial charge in [0.1, 0.15) is 11.8 Å². The van der Waals surface area contributed by atoms with Crippen molar-refractivity contribution in [3.05, 3.63) is 40.8 Å². The molecule has 0 aromatic carbocycles. The van der Waals surface area contributed by atoms with E-state index in [0.29, 0.717) is 30.2 Å². The lowest BCUT2D eigenvalue weighted by atomic mass is 10.1. The Labute approximate surface area is 171 Å². The van der Waals surface area contributed by atoms with E-state index in [9.17, 15) is 4.79 Å². The highest BCUT2D eigenvalue weighted by molar-refractivity contribution is 5.73. The number of anilines is 2. The largest absolute Gasteiger partial charge is 0.330 e. The third-order valence-corrected chi connectivity index (χ3v) is 5.67. The molecule has 4 aromatic heterocycles. The molecule has 0 amide bonds. The summed E-state index contributed by atoms with van der Waals surface area (Å²) in [5, 5.41) is 16.5. The summed E-state index contributed by atoms with van der Waals surface area (Å²) in [6, 6.07) is 1.93. The standard InChI is InChI=1S/C19H20N10O/c1-12-7-16-22-11-23-28(16)9-14(12)24-18-21-8-15-17(25-18)29(19(30)26(15)2)13-3-5-27(10-20)6-4-13/h7-9,11,13H,3-6H2,1-2H3,(H,21,24,25). The Bertz CT molecular complexity index is 1350. The number of nitrogens with zero attached hydrogens (tertiary/aromatic N) is 9. The number of nitrogens with one attached hydrogen (secondary N) is 1. The second-order valence-corrected chi connectivity index (χ2v) is 7.49. The lowest BCUT2D eigenvalue weighted by molar-refractivity contribution is 0.252. The van der Waals surface area contributed by atoms with Crippen LogP contribution in [-0.2, 0) is 7.05 Å². The third-order valence-electron chi connectivity index (χ3n) is 5.67. The van der Waals surface area contributed by atoms with Crippen LogP contribution in [0.4, 0.5) is 11.6 Å². The number of nitriles is 1. The van der Waals surface area contributed by atoms with Crippen LogP contribution in [0.15, 0.2) is 29.6 Å². The summed E-state index contributed by atoms with van der Waals surface area (Å²) in [4.78, 5) is 27.9. The van der Waals surface area contributed by atoms with Crippen LogP contribution >= 0.6 is 0 Å². The fourth-order valence-corrected chi connectivity index (χ4v) is 3.96. The van der Waals surface area contributed by atoms with Crippen LogP contribution in [0, 0.1) is 18.4 Å². The second-order valence-electron chi connectivity index (χ2n) is 7.49. The van der Waals surface area contributed by atoms with Gasteiger partial charge in [0, 0.05) is 26.2 Å². The number of piperidine rings is 1. The fourth-order valence-electron chi connectivity index (χ4n) is 3.96. The van der Waals surface area contributed by atoms with Gasteiger partial charge in [0.25, 0.3) is 0 Å². The average Bonchev–Trinajstić information content (AvgIpc) is 3.30. The van der Waals surface area contributed by atoms with Gasteiger partial charge in [-0.3, -0.25) is 9.13 Å². The van der Waals surface area contributed by atoms with Crippen molar-refractivity contribution in [1.82, 2.24) is 38.6 Å². The molecule has 1 aliphatic rings. The molecule has 5 heterocycles. The van der Waals surface area contributed by atoms with Crippen LogP contribution in [0.1, 0.15) is 24.4 Å². The lowest BCUT2D eigenvalue weighted by Crippen LogP contribution is -2.35. The van der Waals surface area contributed by atoms with Gasteiger partial charge in [-0.2, -0.15) is 15.3 Å². The number of hydrogen-bond donors (Lipinski definition) is 1. The second kappa shape index (κ2) is 6.84. The molecule has 11 nitrogen and oxygen atoms in total. The van der Waals surface area contributed by atoms with Gasteiger partial charge in [0.05, 0.1) is 18.1 Å². The first-order valence-electron chi connectivity index (χ1n) is 9.71. The molecule has 0 radical (unpaired) electrons. The molecule has 0 unspecified atom stereocenters. The van der Waals surface area contributed by atoms with Crippen molar-refractivity contribution in [2.45, 2.75) is 25.8 Å². The molecule has 1 saturated heterocycles. The summed E-state index contributed by atoms with van der Waals surface area (Å²) < 4.78 is 4.99. The maximum Gasteiger partial charge on any atom is 0.330 e. The molecule has 1 fully saturated rings. The van der Waals surface area contributed by atoms with E-state index < -0.39 is 0 Å². The monoisotopic (exact) mass is 404 g/mol. The summed E-state index contributed by atoms with van der Waals surface area (Å²) in [5.41, 5.74) is 3.70. The van der Waals surface area contributed by atoms with Crippen molar-refractivity contribution < 1.29 is 0 Å². The quantitative estimate of drug-likeness (QED) is 0.508. The minimum absolute atomic E-state index is 0.00165. The Morgan fingerprint density at radius 2 is 2.07 bits per heavy atom. The van der Waals surface area contributed by atoms with Gasteiger partial charge in [-0.15, -0.1) is 0 Å². The summed E-state index contributed by atoms with van der Waals surface area (Å²) in [6.45, 7) is 3.24. The predicted molar refractivity (Wildman–Crippen MR) is 109 cm³/mol. The molecular weight excluding hydrogens is 384 g/mol. The van der Waals surface area contributed by atoms with Crippen LogP contribution in [0.25, 0.3) is 16.8 Å². The van der Waals surface area contributed by atoms with E-state index >= 15 is 0 Å². The van der Waals surface area contributed by atoms with Crippen molar-refractivity contribution >= 4 is 28.4 Å². The topological polar surface area (TPSA) is 122 Å². The van der Waals surface area contributed by atoms with E-state index in [-0.39, 0.29) is 11.7 Å². The maximum atomic E-state index is 12.9. The molecule has 1 N–H and O–H groups in total. The van der Waals surface area contributed by atoms with E-state index in [1.807, 2.05) is 19.2 Å². The van der Waals surface area contributed by atoms with E-state index in [1.54, 1.807) is 31.8 Å². The molecule has 5 rings (SSSR count). The number of hydrogen-bond acceptors (Lipinski definition) is 8. The highest BCUT2D eigenvalue weighted by Gasteiger charge is 2.25. The van der Waals surface area contributed by atoms with Gasteiger partial charge in [-0.1, -0.05) is 0 Å². The van der Waals surface area contributed by atoms with Gasteiger partial charge < -0.3 is 10.2 Å². The van der Waals surface area contributed by atoms with Crippen LogP contribution in [0.5, 0.6) is 0 Å². The number of pyridine rings is 1. The Hall–Kier alpha value is -3.94. The number of rotatable bonds is 3. The first-order valence-corrected chi connectivity index (χ1v) is 9.71. The molecule has 0 atom stereocenters. The molecule has 0 spiro atoms. The minimum Gasteiger partial charge on any atom is -0.323 e. The predicted octanol–water partition coefficient (Wildman–Crippen LogP) is 1.34. The molecule has 0 aliphatic carbocycles. The van der Waals surface area contributed by atoms with Crippen molar-refractivity contribution in [2.75, 3.05) is 18.4 Å². The van der Waals surface area contributed by atoms with Gasteiger partial charge in [0.2, 0.25) is 5.95 Å². The van der Waals surface area contributed by atoms with Gasteiger partial charge in [0.15, 0.2) is 17.5 Å². The zero-order chi connectivity index (χ0) is 20.8. The fraction of sp³-hybridized carbons (Fsp3) is 0.368. The molecule has 30 heavy (non-hydrogen) atoms. The van der Waals surface area contributed by atoms with E-state index in [1.165, 1.54) is 6.33 Å². The average molecular weight is 404 g/mol. The van der Waals surface area contributed by atoms with Gasteiger partial charge in [-0.05, 0) is 31.4 Å².